The van der Waals surface area contributed by atoms with Gasteiger partial charge in [0.15, 0.2) is 0 Å². The summed E-state index contributed by atoms with van der Waals surface area (Å²) in [5.41, 5.74) is 8.71. The highest BCUT2D eigenvalue weighted by atomic mass is 16.5. The molecule has 3 rings (SSSR count). The van der Waals surface area contributed by atoms with Crippen molar-refractivity contribution < 1.29 is 4.74 Å². The van der Waals surface area contributed by atoms with Gasteiger partial charge in [0.2, 0.25) is 0 Å². The Morgan fingerprint density at radius 3 is 2.89 bits per heavy atom. The number of para-hydroxylation sites is 1. The molecule has 0 amide bonds. The molecular weight excluding hydrogens is 236 g/mol. The second kappa shape index (κ2) is 5.51. The molecule has 2 unspecified atom stereocenters. The molecule has 3 heteroatoms. The first-order valence-corrected chi connectivity index (χ1v) is 7.50. The van der Waals surface area contributed by atoms with Crippen molar-refractivity contribution in [1.82, 2.24) is 0 Å². The first kappa shape index (κ1) is 12.9. The zero-order chi connectivity index (χ0) is 13.2. The third-order valence-electron chi connectivity index (χ3n) is 4.47. The van der Waals surface area contributed by atoms with Gasteiger partial charge < -0.3 is 15.4 Å². The smallest absolute Gasteiger partial charge is 0.0779 e. The summed E-state index contributed by atoms with van der Waals surface area (Å²) >= 11 is 0. The monoisotopic (exact) mass is 260 g/mol. The molecule has 0 radical (unpaired) electrons. The van der Waals surface area contributed by atoms with E-state index in [1.165, 1.54) is 36.9 Å². The fourth-order valence-corrected chi connectivity index (χ4v) is 3.53. The molecule has 2 N–H and O–H groups in total. The SMILES string of the molecule is C[C@@H](N)c1ccccc1N1CCOC2CCCCC21. The quantitative estimate of drug-likeness (QED) is 0.888. The van der Waals surface area contributed by atoms with E-state index in [0.717, 1.165) is 13.2 Å². The van der Waals surface area contributed by atoms with Crippen molar-refractivity contribution in [2.75, 3.05) is 18.1 Å². The Bertz CT molecular complexity index is 431. The Balaban J connectivity index is 1.91. The molecule has 104 valence electrons. The standard InChI is InChI=1S/C16H24N2O/c1-12(17)13-6-2-3-7-14(13)18-10-11-19-16-9-5-4-8-15(16)18/h2-3,6-7,12,15-16H,4-5,8-11,17H2,1H3/t12-,15?,16?/m1/s1. The maximum Gasteiger partial charge on any atom is 0.0779 e. The van der Waals surface area contributed by atoms with Crippen LogP contribution in [0.15, 0.2) is 24.3 Å². The van der Waals surface area contributed by atoms with Gasteiger partial charge in [-0.1, -0.05) is 31.0 Å². The van der Waals surface area contributed by atoms with Crippen LogP contribution >= 0.6 is 0 Å². The van der Waals surface area contributed by atoms with Crippen LogP contribution in [0.3, 0.4) is 0 Å². The lowest BCUT2D eigenvalue weighted by molar-refractivity contribution is -0.00875. The normalized spacial score (nSPS) is 28.8. The molecule has 2 aliphatic rings. The lowest BCUT2D eigenvalue weighted by atomic mass is 9.89. The summed E-state index contributed by atoms with van der Waals surface area (Å²) in [5, 5.41) is 0. The number of hydrogen-bond donors (Lipinski definition) is 1. The minimum Gasteiger partial charge on any atom is -0.374 e. The fraction of sp³-hybridized carbons (Fsp3) is 0.625. The number of benzene rings is 1. The van der Waals surface area contributed by atoms with Crippen molar-refractivity contribution in [3.05, 3.63) is 29.8 Å². The number of nitrogens with two attached hydrogens (primary N) is 1. The molecule has 1 saturated heterocycles. The van der Waals surface area contributed by atoms with Crippen LogP contribution < -0.4 is 10.6 Å². The lowest BCUT2D eigenvalue weighted by Crippen LogP contribution is -2.53. The Morgan fingerprint density at radius 2 is 2.05 bits per heavy atom. The average molecular weight is 260 g/mol. The molecule has 1 aromatic carbocycles. The first-order valence-electron chi connectivity index (χ1n) is 7.50. The van der Waals surface area contributed by atoms with Crippen molar-refractivity contribution in [3.8, 4) is 0 Å². The fourth-order valence-electron chi connectivity index (χ4n) is 3.53. The number of morpholine rings is 1. The molecule has 1 aliphatic carbocycles. The van der Waals surface area contributed by atoms with Gasteiger partial charge in [0.05, 0.1) is 18.8 Å². The highest BCUT2D eigenvalue weighted by Crippen LogP contribution is 2.34. The molecular formula is C16H24N2O. The van der Waals surface area contributed by atoms with Crippen LogP contribution in [0.5, 0.6) is 0 Å². The molecule has 1 heterocycles. The maximum absolute atomic E-state index is 6.13. The van der Waals surface area contributed by atoms with Crippen LogP contribution in [-0.4, -0.2) is 25.3 Å². The summed E-state index contributed by atoms with van der Waals surface area (Å²) in [7, 11) is 0. The van der Waals surface area contributed by atoms with E-state index >= 15 is 0 Å². The van der Waals surface area contributed by atoms with E-state index < -0.39 is 0 Å². The molecule has 1 aliphatic heterocycles. The van der Waals surface area contributed by atoms with Gasteiger partial charge in [0, 0.05) is 18.3 Å². The Hall–Kier alpha value is -1.06. The Morgan fingerprint density at radius 1 is 1.26 bits per heavy atom. The second-order valence-electron chi connectivity index (χ2n) is 5.80. The molecule has 3 atom stereocenters. The second-order valence-corrected chi connectivity index (χ2v) is 5.80. The summed E-state index contributed by atoms with van der Waals surface area (Å²) in [4.78, 5) is 2.55. The van der Waals surface area contributed by atoms with Gasteiger partial charge >= 0.3 is 0 Å². The summed E-state index contributed by atoms with van der Waals surface area (Å²) in [6.45, 7) is 3.90. The highest BCUT2D eigenvalue weighted by Gasteiger charge is 2.35. The van der Waals surface area contributed by atoms with Gasteiger partial charge in [-0.05, 0) is 31.4 Å². The van der Waals surface area contributed by atoms with Gasteiger partial charge in [-0.2, -0.15) is 0 Å². The molecule has 0 bridgehead atoms. The van der Waals surface area contributed by atoms with Crippen LogP contribution in [0.2, 0.25) is 0 Å². The van der Waals surface area contributed by atoms with Crippen LogP contribution in [0, 0.1) is 0 Å². The van der Waals surface area contributed by atoms with Gasteiger partial charge in [-0.3, -0.25) is 0 Å². The number of fused-ring (bicyclic) bond motifs is 1. The molecule has 0 spiro atoms. The minimum atomic E-state index is 0.0843. The average Bonchev–Trinajstić information content (AvgIpc) is 2.46. The van der Waals surface area contributed by atoms with Crippen molar-refractivity contribution in [2.45, 2.75) is 50.8 Å². The third-order valence-corrected chi connectivity index (χ3v) is 4.47. The van der Waals surface area contributed by atoms with Gasteiger partial charge in [-0.15, -0.1) is 0 Å². The Labute approximate surface area is 115 Å². The van der Waals surface area contributed by atoms with Crippen molar-refractivity contribution in [1.29, 1.82) is 0 Å². The van der Waals surface area contributed by atoms with Crippen molar-refractivity contribution in [2.24, 2.45) is 5.73 Å². The van der Waals surface area contributed by atoms with Crippen LogP contribution in [-0.2, 0) is 4.74 Å². The van der Waals surface area contributed by atoms with Crippen molar-refractivity contribution >= 4 is 5.69 Å². The third kappa shape index (κ3) is 2.49. The van der Waals surface area contributed by atoms with Gasteiger partial charge in [0.1, 0.15) is 0 Å². The zero-order valence-corrected chi connectivity index (χ0v) is 11.7. The van der Waals surface area contributed by atoms with E-state index in [4.69, 9.17) is 10.5 Å². The summed E-state index contributed by atoms with van der Waals surface area (Å²) in [6, 6.07) is 9.21. The zero-order valence-electron chi connectivity index (χ0n) is 11.7. The van der Waals surface area contributed by atoms with Crippen LogP contribution in [0.25, 0.3) is 0 Å². The van der Waals surface area contributed by atoms with E-state index in [2.05, 4.69) is 36.1 Å². The first-order chi connectivity index (χ1) is 9.27. The topological polar surface area (TPSA) is 38.5 Å². The molecule has 1 saturated carbocycles. The molecule has 2 fully saturated rings. The predicted octanol–water partition coefficient (Wildman–Crippen LogP) is 2.85. The Kier molecular flexibility index (Phi) is 3.76. The predicted molar refractivity (Wildman–Crippen MR) is 78.4 cm³/mol. The summed E-state index contributed by atoms with van der Waals surface area (Å²) in [5.74, 6) is 0. The number of nitrogens with zero attached hydrogens (tertiary/aromatic N) is 1. The van der Waals surface area contributed by atoms with Crippen molar-refractivity contribution in [3.63, 3.8) is 0 Å². The minimum absolute atomic E-state index is 0.0843. The molecule has 19 heavy (non-hydrogen) atoms. The van der Waals surface area contributed by atoms with Crippen LogP contribution in [0.4, 0.5) is 5.69 Å². The lowest BCUT2D eigenvalue weighted by Gasteiger charge is -2.46. The van der Waals surface area contributed by atoms with Gasteiger partial charge in [0.25, 0.3) is 0 Å². The van der Waals surface area contributed by atoms with E-state index in [1.807, 2.05) is 0 Å². The van der Waals surface area contributed by atoms with Gasteiger partial charge in [-0.25, -0.2) is 0 Å². The highest BCUT2D eigenvalue weighted by molar-refractivity contribution is 5.56. The number of anilines is 1. The summed E-state index contributed by atoms with van der Waals surface area (Å²) < 4.78 is 5.96. The van der Waals surface area contributed by atoms with E-state index in [9.17, 15) is 0 Å². The van der Waals surface area contributed by atoms with E-state index in [-0.39, 0.29) is 6.04 Å². The number of ether oxygens (including phenoxy) is 1. The largest absolute Gasteiger partial charge is 0.374 e. The van der Waals surface area contributed by atoms with Crippen LogP contribution in [0.1, 0.15) is 44.2 Å². The van der Waals surface area contributed by atoms with E-state index in [0.29, 0.717) is 12.1 Å². The van der Waals surface area contributed by atoms with E-state index in [1.54, 1.807) is 0 Å². The molecule has 3 nitrogen and oxygen atoms in total. The molecule has 1 aromatic rings. The number of rotatable bonds is 2. The molecule has 0 aromatic heterocycles. The number of hydrogen-bond acceptors (Lipinski definition) is 3. The maximum atomic E-state index is 6.13. The summed E-state index contributed by atoms with van der Waals surface area (Å²) in [6.07, 6.45) is 5.51.